The van der Waals surface area contributed by atoms with Crippen molar-refractivity contribution in [1.82, 2.24) is 0 Å². The highest BCUT2D eigenvalue weighted by Crippen LogP contribution is 2.63. The van der Waals surface area contributed by atoms with E-state index in [9.17, 15) is 43.7 Å². The molecule has 4 amide bonds. The Labute approximate surface area is 288 Å². The van der Waals surface area contributed by atoms with E-state index in [0.717, 1.165) is 28.0 Å². The fourth-order valence-corrected chi connectivity index (χ4v) is 8.99. The zero-order valence-corrected chi connectivity index (χ0v) is 27.1. The predicted molar refractivity (Wildman–Crippen MR) is 175 cm³/mol. The number of carbonyl (C=O) groups excluding carboxylic acids is 4. The van der Waals surface area contributed by atoms with Crippen molar-refractivity contribution >= 4 is 52.6 Å². The maximum Gasteiger partial charge on any atom is 0.339 e. The topological polar surface area (TPSA) is 162 Å². The molecule has 254 valence electrons. The van der Waals surface area contributed by atoms with Crippen molar-refractivity contribution in [2.45, 2.75) is 26.2 Å². The summed E-state index contributed by atoms with van der Waals surface area (Å²) in [4.78, 5) is 70.6. The van der Waals surface area contributed by atoms with Crippen molar-refractivity contribution in [2.24, 2.45) is 35.0 Å². The average molecular weight is 699 g/mol. The minimum atomic E-state index is -1.39. The minimum absolute atomic E-state index is 0.0157. The summed E-state index contributed by atoms with van der Waals surface area (Å²) in [5.74, 6) is -8.47. The van der Waals surface area contributed by atoms with Crippen LogP contribution in [0.4, 0.5) is 15.8 Å². The first-order valence-electron chi connectivity index (χ1n) is 16.0. The van der Waals surface area contributed by atoms with Crippen molar-refractivity contribution in [3.63, 3.8) is 0 Å². The fraction of sp³-hybridized carbons (Fsp3) is 0.270. The molecule has 5 aliphatic rings. The van der Waals surface area contributed by atoms with Gasteiger partial charge in [0, 0.05) is 24.0 Å². The molecule has 3 aliphatic heterocycles. The Morgan fingerprint density at radius 3 is 2.40 bits per heavy atom. The van der Waals surface area contributed by atoms with Gasteiger partial charge in [-0.2, -0.15) is 0 Å². The lowest BCUT2D eigenvalue weighted by Gasteiger charge is -2.49. The van der Waals surface area contributed by atoms with Crippen LogP contribution in [-0.4, -0.2) is 44.9 Å². The molecule has 0 aromatic heterocycles. The van der Waals surface area contributed by atoms with E-state index in [1.807, 2.05) is 6.08 Å². The highest BCUT2D eigenvalue weighted by atomic mass is 35.5. The van der Waals surface area contributed by atoms with Crippen LogP contribution < -0.4 is 14.5 Å². The molecular formula is C37H28ClFN2O9. The number of nitrogens with zero attached hydrogens (tertiary/aromatic N) is 2. The number of imide groups is 2. The molecule has 3 fully saturated rings. The largest absolute Gasteiger partial charge is 0.508 e. The second-order valence-corrected chi connectivity index (χ2v) is 14.0. The zero-order chi connectivity index (χ0) is 35.4. The molecule has 0 radical (unpaired) electrons. The predicted octanol–water partition coefficient (Wildman–Crippen LogP) is 5.38. The number of carboxylic acid groups (broad SMARTS) is 1. The normalized spacial score (nSPS) is 28.3. The number of rotatable bonds is 4. The number of amides is 4. The lowest BCUT2D eigenvalue weighted by molar-refractivity contribution is -0.132. The monoisotopic (exact) mass is 698 g/mol. The zero-order valence-electron chi connectivity index (χ0n) is 26.3. The van der Waals surface area contributed by atoms with Crippen LogP contribution in [0.15, 0.2) is 78.1 Å². The maximum atomic E-state index is 14.6. The van der Waals surface area contributed by atoms with Gasteiger partial charge in [-0.3, -0.25) is 19.2 Å². The number of aromatic hydroxyl groups is 2. The molecular weight excluding hydrogens is 671 g/mol. The van der Waals surface area contributed by atoms with E-state index >= 15 is 0 Å². The number of allylic oxidation sites excluding steroid dienone is 3. The number of carbonyl (C=O) groups is 5. The Balaban J connectivity index is 1.24. The Bertz CT molecular complexity index is 2160. The molecule has 2 saturated heterocycles. The number of phenols is 2. The maximum absolute atomic E-state index is 14.6. The Kier molecular flexibility index (Phi) is 6.99. The van der Waals surface area contributed by atoms with Crippen LogP contribution in [0, 0.1) is 40.8 Å². The third-order valence-electron chi connectivity index (χ3n) is 11.1. The van der Waals surface area contributed by atoms with Gasteiger partial charge in [0.15, 0.2) is 0 Å². The summed E-state index contributed by atoms with van der Waals surface area (Å²) in [6.45, 7) is 1.70. The van der Waals surface area contributed by atoms with Gasteiger partial charge in [0.25, 0.3) is 0 Å². The number of anilines is 2. The van der Waals surface area contributed by atoms with Crippen LogP contribution in [0.1, 0.15) is 35.7 Å². The first-order valence-corrected chi connectivity index (χ1v) is 16.3. The van der Waals surface area contributed by atoms with Gasteiger partial charge in [0.1, 0.15) is 28.6 Å². The molecule has 3 aromatic carbocycles. The molecule has 1 saturated carbocycles. The third kappa shape index (κ3) is 4.37. The summed E-state index contributed by atoms with van der Waals surface area (Å²) in [5.41, 5.74) is 0.326. The van der Waals surface area contributed by atoms with Crippen LogP contribution in [0.5, 0.6) is 17.2 Å². The van der Waals surface area contributed by atoms with Crippen molar-refractivity contribution in [2.75, 3.05) is 9.80 Å². The number of phenolic OH excluding ortho intramolecular Hbond substituents is 1. The summed E-state index contributed by atoms with van der Waals surface area (Å²) < 4.78 is 20.2. The number of ether oxygens (including phenoxy) is 1. The summed E-state index contributed by atoms with van der Waals surface area (Å²) in [6.07, 6.45) is 3.87. The smallest absolute Gasteiger partial charge is 0.339 e. The molecule has 3 aromatic rings. The number of hydrogen-bond donors (Lipinski definition) is 3. The van der Waals surface area contributed by atoms with Crippen molar-refractivity contribution in [1.29, 1.82) is 0 Å². The quantitative estimate of drug-likeness (QED) is 0.240. The fourth-order valence-electron chi connectivity index (χ4n) is 8.81. The first kappa shape index (κ1) is 31.8. The van der Waals surface area contributed by atoms with Crippen LogP contribution in [0.2, 0.25) is 5.02 Å². The van der Waals surface area contributed by atoms with Crippen molar-refractivity contribution in [3.8, 4) is 17.2 Å². The van der Waals surface area contributed by atoms with E-state index in [2.05, 4.69) is 0 Å². The van der Waals surface area contributed by atoms with Gasteiger partial charge in [-0.15, -0.1) is 0 Å². The summed E-state index contributed by atoms with van der Waals surface area (Å²) in [6, 6.07) is 11.7. The number of halogens is 2. The number of benzene rings is 3. The summed E-state index contributed by atoms with van der Waals surface area (Å²) in [5, 5.41) is 29.7. The molecule has 3 heterocycles. The molecule has 8 rings (SSSR count). The summed E-state index contributed by atoms with van der Waals surface area (Å²) in [7, 11) is 0. The number of fused-ring (bicyclic) bond motifs is 5. The molecule has 0 bridgehead atoms. The first-order chi connectivity index (χ1) is 23.8. The number of aromatic carboxylic acids is 1. The SMILES string of the molecule is CC12C(=O)N(c3ccc(F)c(Cl)c3)C(=O)C1CC1C(=CCC3C(=O)N(c4ccc(C(=O)O)c(O)c4)C(=O)C31)C2C1=COc2ccc(O)cc2C1. The van der Waals surface area contributed by atoms with Gasteiger partial charge in [-0.05, 0) is 79.8 Å². The molecule has 6 unspecified atom stereocenters. The second-order valence-electron chi connectivity index (χ2n) is 13.6. The second kappa shape index (κ2) is 11.0. The molecule has 2 aliphatic carbocycles. The number of hydrogen-bond acceptors (Lipinski definition) is 8. The summed E-state index contributed by atoms with van der Waals surface area (Å²) >= 11 is 6.08. The van der Waals surface area contributed by atoms with Crippen LogP contribution in [0.3, 0.4) is 0 Å². The van der Waals surface area contributed by atoms with E-state index in [1.54, 1.807) is 19.1 Å². The lowest BCUT2D eigenvalue weighted by Crippen LogP contribution is -2.51. The van der Waals surface area contributed by atoms with E-state index in [0.29, 0.717) is 22.5 Å². The van der Waals surface area contributed by atoms with E-state index < -0.39 is 81.7 Å². The Morgan fingerprint density at radius 1 is 0.940 bits per heavy atom. The van der Waals surface area contributed by atoms with Gasteiger partial charge < -0.3 is 20.1 Å². The molecule has 0 spiro atoms. The van der Waals surface area contributed by atoms with Crippen LogP contribution in [0.25, 0.3) is 0 Å². The average Bonchev–Trinajstić information content (AvgIpc) is 3.44. The van der Waals surface area contributed by atoms with E-state index in [-0.39, 0.29) is 41.4 Å². The Morgan fingerprint density at radius 2 is 1.68 bits per heavy atom. The van der Waals surface area contributed by atoms with Gasteiger partial charge in [0.2, 0.25) is 23.6 Å². The molecule has 6 atom stereocenters. The van der Waals surface area contributed by atoms with E-state index in [4.69, 9.17) is 16.3 Å². The number of carboxylic acids is 1. The van der Waals surface area contributed by atoms with Gasteiger partial charge >= 0.3 is 5.97 Å². The van der Waals surface area contributed by atoms with Gasteiger partial charge in [0.05, 0.1) is 45.8 Å². The van der Waals surface area contributed by atoms with Crippen molar-refractivity contribution < 1.29 is 48.4 Å². The molecule has 13 heteroatoms. The van der Waals surface area contributed by atoms with Gasteiger partial charge in [-0.1, -0.05) is 23.3 Å². The van der Waals surface area contributed by atoms with Crippen LogP contribution >= 0.6 is 11.6 Å². The highest BCUT2D eigenvalue weighted by molar-refractivity contribution is 6.32. The van der Waals surface area contributed by atoms with Crippen molar-refractivity contribution in [3.05, 3.63) is 100 Å². The Hall–Kier alpha value is -5.49. The molecule has 11 nitrogen and oxygen atoms in total. The van der Waals surface area contributed by atoms with E-state index in [1.165, 1.54) is 30.5 Å². The third-order valence-corrected chi connectivity index (χ3v) is 11.3. The lowest BCUT2D eigenvalue weighted by atomic mass is 9.51. The minimum Gasteiger partial charge on any atom is -0.508 e. The highest BCUT2D eigenvalue weighted by Gasteiger charge is 2.68. The van der Waals surface area contributed by atoms with Gasteiger partial charge in [-0.25, -0.2) is 19.0 Å². The molecule has 50 heavy (non-hydrogen) atoms. The standard InChI is InChI=1S/C37H28ClFN2O9/c1-37-25(33(45)41(36(37)49)18-3-8-27(39)26(38)12-18)14-24-21(31(37)17-10-16-11-20(42)4-9-29(16)50-15-17)6-7-23-30(24)34(46)40(32(23)44)19-2-5-22(35(47)48)28(43)13-19/h2-6,8-9,11-13,15,23-25,30-31,42-43H,7,10,14H2,1H3,(H,47,48). The van der Waals surface area contributed by atoms with Crippen LogP contribution in [-0.2, 0) is 25.6 Å². The molecule has 3 N–H and O–H groups in total.